The molecule has 0 aromatic heterocycles. The lowest BCUT2D eigenvalue weighted by molar-refractivity contribution is -0.124. The number of anilines is 1. The predicted molar refractivity (Wildman–Crippen MR) is 146 cm³/mol. The summed E-state index contributed by atoms with van der Waals surface area (Å²) in [6.45, 7) is -0.207. The average molecular weight is 529 g/mol. The number of aliphatic hydroxyl groups is 1. The van der Waals surface area contributed by atoms with E-state index in [1.54, 1.807) is 54.6 Å². The standard InChI is InChI=1S/C30H28N2O7/c33-19-20-37-26-16-7-6-14-24(26)29(27(17-18-28(34)32-36)38-22-11-2-1-3-12-22)39-30(35)31-25-15-8-10-21-9-4-5-13-23(21)25/h1-18,27,29,33,36H,19-20H2,(H,31,35)(H,32,34)/b18-17+/t27-,29-/m1/s1. The fraction of sp³-hybridized carbons (Fsp3) is 0.133. The number of benzene rings is 4. The van der Waals surface area contributed by atoms with E-state index >= 15 is 0 Å². The van der Waals surface area contributed by atoms with Gasteiger partial charge in [0.1, 0.15) is 18.1 Å². The Bertz CT molecular complexity index is 1420. The quantitative estimate of drug-likeness (QED) is 0.122. The van der Waals surface area contributed by atoms with E-state index in [4.69, 9.17) is 19.4 Å². The zero-order chi connectivity index (χ0) is 27.5. The van der Waals surface area contributed by atoms with E-state index < -0.39 is 24.2 Å². The normalized spacial score (nSPS) is 12.5. The van der Waals surface area contributed by atoms with E-state index in [1.165, 1.54) is 11.6 Å². The number of hydrogen-bond donors (Lipinski definition) is 4. The van der Waals surface area contributed by atoms with Crippen molar-refractivity contribution in [3.63, 3.8) is 0 Å². The van der Waals surface area contributed by atoms with Crippen molar-refractivity contribution in [1.82, 2.24) is 5.48 Å². The molecule has 9 heteroatoms. The second-order valence-electron chi connectivity index (χ2n) is 8.32. The second-order valence-corrected chi connectivity index (χ2v) is 8.32. The van der Waals surface area contributed by atoms with Crippen molar-refractivity contribution in [3.8, 4) is 11.5 Å². The second kappa shape index (κ2) is 13.6. The van der Waals surface area contributed by atoms with Gasteiger partial charge in [0.05, 0.1) is 12.3 Å². The van der Waals surface area contributed by atoms with Gasteiger partial charge in [-0.2, -0.15) is 0 Å². The van der Waals surface area contributed by atoms with Crippen molar-refractivity contribution in [3.05, 3.63) is 115 Å². The van der Waals surface area contributed by atoms with Crippen LogP contribution in [0, 0.1) is 0 Å². The predicted octanol–water partition coefficient (Wildman–Crippen LogP) is 5.01. The van der Waals surface area contributed by atoms with Crippen molar-refractivity contribution in [2.24, 2.45) is 0 Å². The molecule has 2 atom stereocenters. The minimum Gasteiger partial charge on any atom is -0.491 e. The van der Waals surface area contributed by atoms with Crippen LogP contribution in [0.4, 0.5) is 10.5 Å². The maximum atomic E-state index is 13.3. The van der Waals surface area contributed by atoms with Gasteiger partial charge in [-0.25, -0.2) is 10.3 Å². The van der Waals surface area contributed by atoms with E-state index in [9.17, 15) is 14.7 Å². The molecule has 0 saturated carbocycles. The third-order valence-electron chi connectivity index (χ3n) is 5.70. The van der Waals surface area contributed by atoms with Gasteiger partial charge in [0, 0.05) is 17.0 Å². The smallest absolute Gasteiger partial charge is 0.412 e. The Morgan fingerprint density at radius 3 is 2.38 bits per heavy atom. The van der Waals surface area contributed by atoms with Crippen LogP contribution in [0.5, 0.6) is 11.5 Å². The molecule has 9 nitrogen and oxygen atoms in total. The molecule has 0 aliphatic heterocycles. The number of hydroxylamine groups is 1. The topological polar surface area (TPSA) is 126 Å². The van der Waals surface area contributed by atoms with Gasteiger partial charge in [-0.15, -0.1) is 0 Å². The first-order chi connectivity index (χ1) is 19.1. The molecule has 0 aliphatic rings. The van der Waals surface area contributed by atoms with Gasteiger partial charge in [-0.05, 0) is 35.7 Å². The largest absolute Gasteiger partial charge is 0.491 e. The molecule has 4 rings (SSSR count). The Labute approximate surface area is 225 Å². The number of hydrogen-bond acceptors (Lipinski definition) is 7. The van der Waals surface area contributed by atoms with Crippen LogP contribution in [0.25, 0.3) is 10.8 Å². The van der Waals surface area contributed by atoms with Crippen LogP contribution in [0.1, 0.15) is 11.7 Å². The van der Waals surface area contributed by atoms with Crippen molar-refractivity contribution in [1.29, 1.82) is 0 Å². The van der Waals surface area contributed by atoms with E-state index in [-0.39, 0.29) is 13.2 Å². The lowest BCUT2D eigenvalue weighted by atomic mass is 10.0. The van der Waals surface area contributed by atoms with Crippen LogP contribution >= 0.6 is 0 Å². The molecule has 4 aromatic rings. The molecule has 4 aromatic carbocycles. The molecule has 0 saturated heterocycles. The fourth-order valence-corrected chi connectivity index (χ4v) is 3.98. The van der Waals surface area contributed by atoms with E-state index in [0.717, 1.165) is 16.8 Å². The minimum atomic E-state index is -1.11. The van der Waals surface area contributed by atoms with Gasteiger partial charge in [-0.1, -0.05) is 72.8 Å². The number of amides is 2. The number of ether oxygens (including phenoxy) is 3. The summed E-state index contributed by atoms with van der Waals surface area (Å²) < 4.78 is 17.8. The lowest BCUT2D eigenvalue weighted by Crippen LogP contribution is -2.30. The van der Waals surface area contributed by atoms with Crippen LogP contribution in [0.2, 0.25) is 0 Å². The fourth-order valence-electron chi connectivity index (χ4n) is 3.98. The molecule has 2 amide bonds. The highest BCUT2D eigenvalue weighted by Crippen LogP contribution is 2.34. The van der Waals surface area contributed by atoms with Crippen molar-refractivity contribution >= 4 is 28.5 Å². The summed E-state index contributed by atoms with van der Waals surface area (Å²) in [4.78, 5) is 25.2. The Morgan fingerprint density at radius 1 is 0.872 bits per heavy atom. The molecule has 4 N–H and O–H groups in total. The first kappa shape index (κ1) is 27.2. The van der Waals surface area contributed by atoms with Crippen LogP contribution in [0.3, 0.4) is 0 Å². The van der Waals surface area contributed by atoms with Crippen LogP contribution in [-0.4, -0.2) is 41.6 Å². The lowest BCUT2D eigenvalue weighted by Gasteiger charge is -2.27. The highest BCUT2D eigenvalue weighted by Gasteiger charge is 2.30. The average Bonchev–Trinajstić information content (AvgIpc) is 2.98. The number of carbonyl (C=O) groups is 2. The zero-order valence-electron chi connectivity index (χ0n) is 20.9. The minimum absolute atomic E-state index is 0.0128. The molecule has 0 radical (unpaired) electrons. The SMILES string of the molecule is O=C(/C=C/[C@@H](Oc1ccccc1)[C@H](OC(=O)Nc1cccc2ccccc12)c1ccccc1OCCO)NO. The maximum Gasteiger partial charge on any atom is 0.412 e. The third kappa shape index (κ3) is 7.35. The van der Waals surface area contributed by atoms with E-state index in [2.05, 4.69) is 5.32 Å². The molecule has 0 fully saturated rings. The first-order valence-electron chi connectivity index (χ1n) is 12.2. The van der Waals surface area contributed by atoms with Crippen LogP contribution in [-0.2, 0) is 9.53 Å². The number of nitrogens with one attached hydrogen (secondary N) is 2. The molecule has 0 unspecified atom stereocenters. The van der Waals surface area contributed by atoms with Gasteiger partial charge < -0.3 is 19.3 Å². The highest BCUT2D eigenvalue weighted by atomic mass is 16.6. The number of para-hydroxylation sites is 2. The number of carbonyl (C=O) groups excluding carboxylic acids is 2. The summed E-state index contributed by atoms with van der Waals surface area (Å²) in [7, 11) is 0. The molecular formula is C30H28N2O7. The Hall–Kier alpha value is -4.86. The Morgan fingerprint density at radius 2 is 1.59 bits per heavy atom. The van der Waals surface area contributed by atoms with Crippen LogP contribution in [0.15, 0.2) is 109 Å². The van der Waals surface area contributed by atoms with Gasteiger partial charge in [0.25, 0.3) is 5.91 Å². The summed E-state index contributed by atoms with van der Waals surface area (Å²) in [5.41, 5.74) is 2.53. The summed E-state index contributed by atoms with van der Waals surface area (Å²) in [6, 6.07) is 28.8. The monoisotopic (exact) mass is 528 g/mol. The van der Waals surface area contributed by atoms with Crippen molar-refractivity contribution < 1.29 is 34.1 Å². The molecule has 39 heavy (non-hydrogen) atoms. The van der Waals surface area contributed by atoms with Gasteiger partial charge >= 0.3 is 6.09 Å². The first-order valence-corrected chi connectivity index (χ1v) is 12.2. The van der Waals surface area contributed by atoms with Crippen molar-refractivity contribution in [2.45, 2.75) is 12.2 Å². The molecular weight excluding hydrogens is 500 g/mol. The molecule has 0 aliphatic carbocycles. The number of rotatable bonds is 11. The van der Waals surface area contributed by atoms with Crippen molar-refractivity contribution in [2.75, 3.05) is 18.5 Å². The third-order valence-corrected chi connectivity index (χ3v) is 5.70. The number of aliphatic hydroxyl groups excluding tert-OH is 1. The Balaban J connectivity index is 1.72. The molecule has 0 heterocycles. The summed E-state index contributed by atoms with van der Waals surface area (Å²) in [6.07, 6.45) is -0.462. The maximum absolute atomic E-state index is 13.3. The number of fused-ring (bicyclic) bond motifs is 1. The van der Waals surface area contributed by atoms with E-state index in [0.29, 0.717) is 22.7 Å². The Kier molecular flexibility index (Phi) is 9.49. The molecule has 0 spiro atoms. The van der Waals surface area contributed by atoms with Gasteiger partial charge in [0.15, 0.2) is 12.2 Å². The zero-order valence-corrected chi connectivity index (χ0v) is 20.9. The molecule has 200 valence electrons. The molecule has 0 bridgehead atoms. The summed E-state index contributed by atoms with van der Waals surface area (Å²) in [5, 5.41) is 22.9. The van der Waals surface area contributed by atoms with E-state index in [1.807, 2.05) is 42.5 Å². The van der Waals surface area contributed by atoms with Crippen LogP contribution < -0.4 is 20.3 Å². The summed E-state index contributed by atoms with van der Waals surface area (Å²) in [5.74, 6) is 0.0185. The van der Waals surface area contributed by atoms with Gasteiger partial charge in [0.2, 0.25) is 0 Å². The summed E-state index contributed by atoms with van der Waals surface area (Å²) >= 11 is 0. The highest BCUT2D eigenvalue weighted by molar-refractivity contribution is 6.00. The van der Waals surface area contributed by atoms with Gasteiger partial charge in [-0.3, -0.25) is 15.3 Å².